The second-order valence-electron chi connectivity index (χ2n) is 6.79. The van der Waals surface area contributed by atoms with Crippen LogP contribution in [0.15, 0.2) is 84.2 Å². The van der Waals surface area contributed by atoms with Crippen LogP contribution in [0.5, 0.6) is 5.75 Å². The fraction of sp³-hybridized carbons (Fsp3) is 0.120. The molecule has 1 aromatic heterocycles. The van der Waals surface area contributed by atoms with Gasteiger partial charge in [0, 0.05) is 16.5 Å². The predicted molar refractivity (Wildman–Crippen MR) is 123 cm³/mol. The summed E-state index contributed by atoms with van der Waals surface area (Å²) in [4.78, 5) is 16.9. The van der Waals surface area contributed by atoms with Gasteiger partial charge in [-0.2, -0.15) is 0 Å². The molecule has 30 heavy (non-hydrogen) atoms. The van der Waals surface area contributed by atoms with E-state index < -0.39 is 0 Å². The van der Waals surface area contributed by atoms with E-state index in [2.05, 4.69) is 41.5 Å². The van der Waals surface area contributed by atoms with Crippen molar-refractivity contribution in [3.8, 4) is 28.1 Å². The first-order valence-electron chi connectivity index (χ1n) is 9.85. The van der Waals surface area contributed by atoms with Gasteiger partial charge in [-0.3, -0.25) is 10.1 Å². The van der Waals surface area contributed by atoms with Gasteiger partial charge in [0.05, 0.1) is 5.69 Å². The molecule has 0 saturated heterocycles. The lowest BCUT2D eigenvalue weighted by molar-refractivity contribution is -0.118. The lowest BCUT2D eigenvalue weighted by Crippen LogP contribution is -2.20. The van der Waals surface area contributed by atoms with Crippen molar-refractivity contribution in [3.63, 3.8) is 0 Å². The Morgan fingerprint density at radius 3 is 2.43 bits per heavy atom. The molecule has 0 radical (unpaired) electrons. The number of aryl methyl sites for hydroxylation is 1. The van der Waals surface area contributed by atoms with Crippen molar-refractivity contribution in [1.29, 1.82) is 0 Å². The highest BCUT2D eigenvalue weighted by molar-refractivity contribution is 7.14. The molecule has 0 bridgehead atoms. The zero-order valence-electron chi connectivity index (χ0n) is 16.7. The van der Waals surface area contributed by atoms with Crippen LogP contribution in [0.25, 0.3) is 22.4 Å². The highest BCUT2D eigenvalue weighted by Crippen LogP contribution is 2.29. The van der Waals surface area contributed by atoms with Gasteiger partial charge in [-0.15, -0.1) is 11.3 Å². The van der Waals surface area contributed by atoms with Gasteiger partial charge in [0.2, 0.25) is 0 Å². The number of thiazole rings is 1. The standard InChI is InChI=1S/C25H22N2O2S/c1-2-18-12-14-20(15-13-18)22-17-30-25(26-22)27-24(28)16-29-23-11-7-6-10-21(23)19-8-4-3-5-9-19/h3-15,17H,2,16H2,1H3,(H,26,27,28). The predicted octanol–water partition coefficient (Wildman–Crippen LogP) is 6.06. The maximum atomic E-state index is 12.4. The molecule has 0 saturated carbocycles. The molecule has 0 aliphatic heterocycles. The lowest BCUT2D eigenvalue weighted by Gasteiger charge is -2.11. The fourth-order valence-corrected chi connectivity index (χ4v) is 3.86. The molecule has 1 heterocycles. The van der Waals surface area contributed by atoms with E-state index in [1.807, 2.05) is 60.0 Å². The number of hydrogen-bond donors (Lipinski definition) is 1. The van der Waals surface area contributed by atoms with Crippen LogP contribution >= 0.6 is 11.3 Å². The average molecular weight is 415 g/mol. The Bertz CT molecular complexity index is 1120. The van der Waals surface area contributed by atoms with Crippen LogP contribution < -0.4 is 10.1 Å². The number of nitrogens with one attached hydrogen (secondary N) is 1. The number of para-hydroxylation sites is 1. The molecule has 0 fully saturated rings. The van der Waals surface area contributed by atoms with E-state index in [4.69, 9.17) is 4.74 Å². The van der Waals surface area contributed by atoms with Crippen molar-refractivity contribution in [2.24, 2.45) is 0 Å². The number of benzene rings is 3. The van der Waals surface area contributed by atoms with Gasteiger partial charge in [-0.1, -0.05) is 79.7 Å². The van der Waals surface area contributed by atoms with Gasteiger partial charge in [0.15, 0.2) is 11.7 Å². The minimum Gasteiger partial charge on any atom is -0.483 e. The van der Waals surface area contributed by atoms with Crippen molar-refractivity contribution in [2.45, 2.75) is 13.3 Å². The van der Waals surface area contributed by atoms with E-state index in [-0.39, 0.29) is 12.5 Å². The van der Waals surface area contributed by atoms with Crippen LogP contribution in [0.2, 0.25) is 0 Å². The monoisotopic (exact) mass is 414 g/mol. The molecule has 3 aromatic carbocycles. The summed E-state index contributed by atoms with van der Waals surface area (Å²) in [7, 11) is 0. The molecule has 1 amide bonds. The summed E-state index contributed by atoms with van der Waals surface area (Å²) in [5.41, 5.74) is 5.19. The van der Waals surface area contributed by atoms with Crippen molar-refractivity contribution in [2.75, 3.05) is 11.9 Å². The smallest absolute Gasteiger partial charge is 0.264 e. The molecule has 5 heteroatoms. The Kier molecular flexibility index (Phi) is 6.20. The fourth-order valence-electron chi connectivity index (χ4n) is 3.12. The van der Waals surface area contributed by atoms with Crippen molar-refractivity contribution < 1.29 is 9.53 Å². The van der Waals surface area contributed by atoms with E-state index in [9.17, 15) is 4.79 Å². The van der Waals surface area contributed by atoms with Crippen molar-refractivity contribution >= 4 is 22.4 Å². The SMILES string of the molecule is CCc1ccc(-c2csc(NC(=O)COc3ccccc3-c3ccccc3)n2)cc1. The number of hydrogen-bond acceptors (Lipinski definition) is 4. The molecule has 0 atom stereocenters. The topological polar surface area (TPSA) is 51.2 Å². The molecular formula is C25H22N2O2S. The highest BCUT2D eigenvalue weighted by atomic mass is 32.1. The zero-order chi connectivity index (χ0) is 20.8. The molecule has 4 nitrogen and oxygen atoms in total. The van der Waals surface area contributed by atoms with Crippen LogP contribution in [0, 0.1) is 0 Å². The zero-order valence-corrected chi connectivity index (χ0v) is 17.5. The number of anilines is 1. The number of rotatable bonds is 7. The molecule has 0 aliphatic rings. The summed E-state index contributed by atoms with van der Waals surface area (Å²) in [5, 5.41) is 5.34. The van der Waals surface area contributed by atoms with Gasteiger partial charge < -0.3 is 4.74 Å². The van der Waals surface area contributed by atoms with Crippen LogP contribution in [-0.2, 0) is 11.2 Å². The Hall–Kier alpha value is -3.44. The van der Waals surface area contributed by atoms with E-state index in [1.165, 1.54) is 16.9 Å². The van der Waals surface area contributed by atoms with Crippen molar-refractivity contribution in [3.05, 3.63) is 89.8 Å². The number of nitrogens with zero attached hydrogens (tertiary/aromatic N) is 1. The third-order valence-corrected chi connectivity index (χ3v) is 5.50. The summed E-state index contributed by atoms with van der Waals surface area (Å²) >= 11 is 1.41. The summed E-state index contributed by atoms with van der Waals surface area (Å²) in [6.45, 7) is 2.05. The highest BCUT2D eigenvalue weighted by Gasteiger charge is 2.11. The lowest BCUT2D eigenvalue weighted by atomic mass is 10.1. The van der Waals surface area contributed by atoms with Crippen LogP contribution in [0.1, 0.15) is 12.5 Å². The van der Waals surface area contributed by atoms with Crippen molar-refractivity contribution in [1.82, 2.24) is 4.98 Å². The van der Waals surface area contributed by atoms with Gasteiger partial charge in [0.25, 0.3) is 5.91 Å². The van der Waals surface area contributed by atoms with Crippen LogP contribution in [-0.4, -0.2) is 17.5 Å². The summed E-state index contributed by atoms with van der Waals surface area (Å²) in [6.07, 6.45) is 1.01. The largest absolute Gasteiger partial charge is 0.483 e. The molecule has 0 unspecified atom stereocenters. The first kappa shape index (κ1) is 19.9. The molecule has 1 N–H and O–H groups in total. The number of carbonyl (C=O) groups excluding carboxylic acids is 1. The quantitative estimate of drug-likeness (QED) is 0.400. The first-order chi connectivity index (χ1) is 14.7. The molecule has 4 aromatic rings. The normalized spacial score (nSPS) is 10.6. The second-order valence-corrected chi connectivity index (χ2v) is 7.65. The minimum atomic E-state index is -0.236. The average Bonchev–Trinajstić information content (AvgIpc) is 3.27. The maximum Gasteiger partial charge on any atom is 0.264 e. The van der Waals surface area contributed by atoms with Gasteiger partial charge in [-0.25, -0.2) is 4.98 Å². The minimum absolute atomic E-state index is 0.0794. The number of amides is 1. The molecule has 4 rings (SSSR count). The van der Waals surface area contributed by atoms with E-state index in [1.54, 1.807) is 0 Å². The number of ether oxygens (including phenoxy) is 1. The Morgan fingerprint density at radius 1 is 0.933 bits per heavy atom. The Balaban J connectivity index is 1.39. The summed E-state index contributed by atoms with van der Waals surface area (Å²) in [6, 6.07) is 26.0. The summed E-state index contributed by atoms with van der Waals surface area (Å²) < 4.78 is 5.81. The van der Waals surface area contributed by atoms with Gasteiger partial charge in [0.1, 0.15) is 5.75 Å². The van der Waals surface area contributed by atoms with E-state index in [0.29, 0.717) is 10.9 Å². The maximum absolute atomic E-state index is 12.4. The molecule has 0 spiro atoms. The third-order valence-electron chi connectivity index (χ3n) is 4.74. The van der Waals surface area contributed by atoms with Gasteiger partial charge in [-0.05, 0) is 23.6 Å². The Labute approximate surface area is 180 Å². The first-order valence-corrected chi connectivity index (χ1v) is 10.7. The molecule has 0 aliphatic carbocycles. The van der Waals surface area contributed by atoms with E-state index in [0.717, 1.165) is 28.8 Å². The second kappa shape index (κ2) is 9.37. The number of aromatic nitrogens is 1. The van der Waals surface area contributed by atoms with Gasteiger partial charge >= 0.3 is 0 Å². The summed E-state index contributed by atoms with van der Waals surface area (Å²) in [5.74, 6) is 0.440. The third kappa shape index (κ3) is 4.75. The molecular weight excluding hydrogens is 392 g/mol. The Morgan fingerprint density at radius 2 is 1.67 bits per heavy atom. The number of carbonyl (C=O) groups is 1. The van der Waals surface area contributed by atoms with E-state index >= 15 is 0 Å². The molecule has 150 valence electrons. The van der Waals surface area contributed by atoms with Crippen LogP contribution in [0.4, 0.5) is 5.13 Å². The van der Waals surface area contributed by atoms with Crippen LogP contribution in [0.3, 0.4) is 0 Å².